The van der Waals surface area contributed by atoms with Crippen molar-refractivity contribution in [3.63, 3.8) is 0 Å². The van der Waals surface area contributed by atoms with Crippen LogP contribution in [0.5, 0.6) is 5.75 Å². The third kappa shape index (κ3) is 7.86. The van der Waals surface area contributed by atoms with Crippen molar-refractivity contribution in [2.45, 2.75) is 87.0 Å². The summed E-state index contributed by atoms with van der Waals surface area (Å²) in [6.07, 6.45) is 1.23. The number of aromatic nitrogens is 2. The summed E-state index contributed by atoms with van der Waals surface area (Å²) in [5.41, 5.74) is 1.87. The lowest BCUT2D eigenvalue weighted by atomic mass is 9.50. The van der Waals surface area contributed by atoms with Gasteiger partial charge in [-0.15, -0.1) is 0 Å². The minimum absolute atomic E-state index is 0.0218. The SMILES string of the molecule is O=C(COCCOCCNCC[C@]12CC[C@H]3[C@@H]4CCc5cc(O)ccc5[C@H]4CC[C@@]31CO2)NC[C@H]1OC[C@H](Nc2cncc(C(F)(F)F)n2)[C@@H](O)[C@H]1O. The van der Waals surface area contributed by atoms with Gasteiger partial charge >= 0.3 is 6.18 Å². The number of phenolic OH excluding ortho intramolecular Hbond substituents is 1. The molecule has 0 unspecified atom stereocenters. The lowest BCUT2D eigenvalue weighted by Gasteiger charge is -2.62. The molecule has 2 aliphatic heterocycles. The summed E-state index contributed by atoms with van der Waals surface area (Å²) < 4.78 is 61.8. The minimum Gasteiger partial charge on any atom is -0.508 e. The first kappa shape index (κ1) is 38.2. The van der Waals surface area contributed by atoms with Gasteiger partial charge in [-0.1, -0.05) is 6.07 Å². The Morgan fingerprint density at radius 2 is 1.89 bits per heavy atom. The van der Waals surface area contributed by atoms with Crippen LogP contribution in [-0.4, -0.2) is 120 Å². The first-order valence-electron chi connectivity index (χ1n) is 18.7. The molecule has 16 heteroatoms. The first-order valence-corrected chi connectivity index (χ1v) is 18.7. The Morgan fingerprint density at radius 3 is 2.70 bits per heavy atom. The van der Waals surface area contributed by atoms with Gasteiger partial charge in [0.05, 0.1) is 57.1 Å². The van der Waals surface area contributed by atoms with Crippen LogP contribution in [0.25, 0.3) is 0 Å². The molecule has 1 spiro atoms. The van der Waals surface area contributed by atoms with Gasteiger partial charge in [-0.2, -0.15) is 13.2 Å². The molecule has 2 aromatic rings. The fraction of sp³-hybridized carbons (Fsp3) is 0.703. The number of aliphatic hydroxyl groups excluding tert-OH is 2. The summed E-state index contributed by atoms with van der Waals surface area (Å²) in [4.78, 5) is 19.2. The van der Waals surface area contributed by atoms with E-state index in [4.69, 9.17) is 18.9 Å². The van der Waals surface area contributed by atoms with E-state index in [2.05, 4.69) is 32.0 Å². The predicted octanol–water partition coefficient (Wildman–Crippen LogP) is 2.54. The van der Waals surface area contributed by atoms with Crippen molar-refractivity contribution in [1.82, 2.24) is 20.6 Å². The van der Waals surface area contributed by atoms with Crippen LogP contribution in [0.4, 0.5) is 19.0 Å². The fourth-order valence-electron chi connectivity index (χ4n) is 9.80. The second-order valence-electron chi connectivity index (χ2n) is 15.2. The number of benzene rings is 1. The summed E-state index contributed by atoms with van der Waals surface area (Å²) >= 11 is 0. The normalized spacial score (nSPS) is 33.2. The quantitative estimate of drug-likeness (QED) is 0.147. The van der Waals surface area contributed by atoms with Gasteiger partial charge in [0.2, 0.25) is 5.91 Å². The van der Waals surface area contributed by atoms with E-state index in [1.54, 1.807) is 0 Å². The lowest BCUT2D eigenvalue weighted by Crippen LogP contribution is -2.65. The summed E-state index contributed by atoms with van der Waals surface area (Å²) in [7, 11) is 0. The Bertz CT molecular complexity index is 1590. The topological polar surface area (TPSA) is 177 Å². The van der Waals surface area contributed by atoms with Gasteiger partial charge in [-0.3, -0.25) is 9.78 Å². The molecule has 1 aromatic carbocycles. The molecule has 6 N–H and O–H groups in total. The number of carbonyl (C=O) groups is 1. The highest BCUT2D eigenvalue weighted by Crippen LogP contribution is 2.70. The summed E-state index contributed by atoms with van der Waals surface area (Å²) in [6, 6.07) is 5.03. The number of ether oxygens (including phenoxy) is 4. The second-order valence-corrected chi connectivity index (χ2v) is 15.2. The van der Waals surface area contributed by atoms with E-state index in [1.807, 2.05) is 12.1 Å². The van der Waals surface area contributed by atoms with E-state index in [1.165, 1.54) is 36.8 Å². The van der Waals surface area contributed by atoms with Gasteiger partial charge < -0.3 is 50.2 Å². The molecule has 1 aromatic heterocycles. The highest BCUT2D eigenvalue weighted by molar-refractivity contribution is 5.77. The largest absolute Gasteiger partial charge is 0.508 e. The number of hydrogen-bond donors (Lipinski definition) is 6. The van der Waals surface area contributed by atoms with Crippen molar-refractivity contribution >= 4 is 11.7 Å². The molecule has 3 aliphatic carbocycles. The number of aryl methyl sites for hydroxylation is 1. The van der Waals surface area contributed by atoms with Crippen LogP contribution >= 0.6 is 0 Å². The highest BCUT2D eigenvalue weighted by Gasteiger charge is 2.70. The number of carbonyl (C=O) groups excluding carboxylic acids is 1. The number of fused-ring (bicyclic) bond motifs is 4. The predicted molar refractivity (Wildman–Crippen MR) is 184 cm³/mol. The van der Waals surface area contributed by atoms with Crippen LogP contribution < -0.4 is 16.0 Å². The molecule has 4 fully saturated rings. The average Bonchev–Trinajstić information content (AvgIpc) is 3.35. The van der Waals surface area contributed by atoms with Gasteiger partial charge in [-0.05, 0) is 92.5 Å². The number of aliphatic hydroxyl groups is 2. The number of halogens is 3. The van der Waals surface area contributed by atoms with Crippen molar-refractivity contribution in [2.24, 2.45) is 17.3 Å². The van der Waals surface area contributed by atoms with Gasteiger partial charge in [0.15, 0.2) is 5.69 Å². The van der Waals surface area contributed by atoms with Crippen LogP contribution in [0.2, 0.25) is 0 Å². The zero-order valence-electron chi connectivity index (χ0n) is 29.7. The van der Waals surface area contributed by atoms with Crippen LogP contribution in [0.15, 0.2) is 30.6 Å². The number of alkyl halides is 3. The number of rotatable bonds is 15. The molecule has 292 valence electrons. The molecule has 5 aliphatic rings. The first-order chi connectivity index (χ1) is 25.5. The Morgan fingerprint density at radius 1 is 1.04 bits per heavy atom. The maximum Gasteiger partial charge on any atom is 0.434 e. The molecule has 3 heterocycles. The molecule has 13 nitrogen and oxygen atoms in total. The molecule has 0 radical (unpaired) electrons. The zero-order chi connectivity index (χ0) is 37.2. The van der Waals surface area contributed by atoms with E-state index in [0.717, 1.165) is 38.6 Å². The number of aromatic hydroxyl groups is 1. The molecule has 53 heavy (non-hydrogen) atoms. The van der Waals surface area contributed by atoms with Crippen LogP contribution in [0.1, 0.15) is 61.3 Å². The molecule has 9 atom stereocenters. The van der Waals surface area contributed by atoms with Crippen molar-refractivity contribution in [3.05, 3.63) is 47.4 Å². The van der Waals surface area contributed by atoms with Crippen molar-refractivity contribution < 1.29 is 52.2 Å². The molecule has 1 amide bonds. The number of phenols is 1. The highest BCUT2D eigenvalue weighted by atomic mass is 19.4. The molecular weight excluding hydrogens is 699 g/mol. The summed E-state index contributed by atoms with van der Waals surface area (Å²) in [5.74, 6) is 1.71. The van der Waals surface area contributed by atoms with Gasteiger partial charge in [-0.25, -0.2) is 4.98 Å². The van der Waals surface area contributed by atoms with Crippen LogP contribution in [0.3, 0.4) is 0 Å². The lowest BCUT2D eigenvalue weighted by molar-refractivity contribution is -0.283. The maximum atomic E-state index is 12.9. The number of anilines is 1. The molecule has 0 bridgehead atoms. The number of hydrogen-bond acceptors (Lipinski definition) is 12. The molecule has 2 saturated carbocycles. The fourth-order valence-corrected chi connectivity index (χ4v) is 9.80. The van der Waals surface area contributed by atoms with Gasteiger partial charge in [0.25, 0.3) is 0 Å². The van der Waals surface area contributed by atoms with E-state index in [-0.39, 0.29) is 37.8 Å². The van der Waals surface area contributed by atoms with Crippen molar-refractivity contribution in [2.75, 3.05) is 64.6 Å². The summed E-state index contributed by atoms with van der Waals surface area (Å²) in [5, 5.41) is 39.7. The number of amides is 1. The molecule has 7 rings (SSSR count). The Kier molecular flexibility index (Phi) is 11.5. The molecular formula is C37H50F3N5O8. The van der Waals surface area contributed by atoms with E-state index in [0.29, 0.717) is 54.9 Å². The average molecular weight is 750 g/mol. The zero-order valence-corrected chi connectivity index (χ0v) is 29.7. The third-order valence-corrected chi connectivity index (χ3v) is 12.4. The Balaban J connectivity index is 0.731. The third-order valence-electron chi connectivity index (χ3n) is 12.4. The van der Waals surface area contributed by atoms with Crippen LogP contribution in [-0.2, 0) is 36.3 Å². The van der Waals surface area contributed by atoms with Crippen LogP contribution in [0, 0.1) is 17.3 Å². The van der Waals surface area contributed by atoms with Crippen molar-refractivity contribution in [1.29, 1.82) is 0 Å². The molecule has 2 saturated heterocycles. The maximum absolute atomic E-state index is 12.9. The van der Waals surface area contributed by atoms with E-state index >= 15 is 0 Å². The minimum atomic E-state index is -4.68. The van der Waals surface area contributed by atoms with Gasteiger partial charge in [0, 0.05) is 18.5 Å². The van der Waals surface area contributed by atoms with Crippen molar-refractivity contribution in [3.8, 4) is 5.75 Å². The Labute approximate surface area is 306 Å². The van der Waals surface area contributed by atoms with Gasteiger partial charge in [0.1, 0.15) is 36.5 Å². The second kappa shape index (κ2) is 15.9. The Hall–Kier alpha value is -3.12. The monoisotopic (exact) mass is 749 g/mol. The summed E-state index contributed by atoms with van der Waals surface area (Å²) in [6.45, 7) is 3.00. The van der Waals surface area contributed by atoms with E-state index < -0.39 is 42.1 Å². The van der Waals surface area contributed by atoms with E-state index in [9.17, 15) is 33.3 Å². The number of nitrogens with zero attached hydrogens (tertiary/aromatic N) is 2. The standard InChI is InChI=1S/C37H50F3N5O8/c38-37(39,40)30-17-42-18-31(45-30)44-28-19-52-29(34(49)33(28)48)16-43-32(47)20-51-14-13-50-12-11-41-10-9-36-8-6-27-26-3-1-22-15-23(46)2-4-24(22)25(26)5-7-35(27,36)21-53-36/h2,4,15,17-18,25-29,33-34,41,46,48-49H,1,3,5-14,16,19-21H2,(H,43,47)(H,44,45)/t25-,26-,27+,28+,29-,33-,34+,35-,36-/m1/s1. The smallest absolute Gasteiger partial charge is 0.434 e. The number of nitrogens with one attached hydrogen (secondary N) is 3.